The quantitative estimate of drug-likeness (QED) is 0.0209. The highest BCUT2D eigenvalue weighted by Crippen LogP contribution is 2.29. The average molecular weight is 2060 g/mol. The van der Waals surface area contributed by atoms with Gasteiger partial charge in [-0.2, -0.15) is 0 Å². The number of carbonyl (C=O) groups excluding carboxylic acids is 17. The number of amides is 17. The number of aliphatic carboxylic acids is 3. The van der Waals surface area contributed by atoms with Crippen LogP contribution in [0.2, 0.25) is 0 Å². The number of primary amides is 1. The van der Waals surface area contributed by atoms with Crippen molar-refractivity contribution in [2.75, 3.05) is 58.8 Å². The number of aliphatic hydroxyl groups excluding tert-OH is 1. The summed E-state index contributed by atoms with van der Waals surface area (Å²) in [5.41, 5.74) is 20.4. The summed E-state index contributed by atoms with van der Waals surface area (Å²) in [5, 5.41) is 81.3. The van der Waals surface area contributed by atoms with E-state index in [4.69, 9.17) is 23.6 Å². The Morgan fingerprint density at radius 2 is 1.12 bits per heavy atom. The Balaban J connectivity index is 1.24. The minimum Gasteiger partial charge on any atom is -0.508 e. The molecule has 46 nitrogen and oxygen atoms in total. The van der Waals surface area contributed by atoms with Gasteiger partial charge in [0.05, 0.1) is 18.3 Å². The predicted octanol–water partition coefficient (Wildman–Crippen LogP) is -1.90. The van der Waals surface area contributed by atoms with Crippen molar-refractivity contribution in [3.8, 4) is 18.1 Å². The van der Waals surface area contributed by atoms with Crippen LogP contribution in [0.3, 0.4) is 0 Å². The number of thioether (sulfide) groups is 1. The average Bonchev–Trinajstić information content (AvgIpc) is 1.63. The van der Waals surface area contributed by atoms with Gasteiger partial charge in [0, 0.05) is 119 Å². The molecule has 0 aliphatic carbocycles. The van der Waals surface area contributed by atoms with Crippen LogP contribution >= 0.6 is 11.8 Å². The Bertz CT molecular complexity index is 5570. The van der Waals surface area contributed by atoms with Gasteiger partial charge in [0.1, 0.15) is 109 Å². The lowest BCUT2D eigenvalue weighted by molar-refractivity contribution is -0.149. The van der Waals surface area contributed by atoms with Crippen molar-refractivity contribution >= 4 is 152 Å². The number of aromatic nitrogens is 2. The third-order valence-electron chi connectivity index (χ3n) is 25.9. The molecule has 0 saturated carbocycles. The molecule has 47 heteroatoms. The van der Waals surface area contributed by atoms with Gasteiger partial charge in [0.2, 0.25) is 100 Å². The van der Waals surface area contributed by atoms with Gasteiger partial charge in [-0.25, -0.2) is 4.79 Å². The molecule has 2 aromatic heterocycles. The number of carboxylic acid groups (broad SMARTS) is 3. The number of phenols is 1. The van der Waals surface area contributed by atoms with Gasteiger partial charge in [-0.3, -0.25) is 91.1 Å². The van der Waals surface area contributed by atoms with E-state index in [9.17, 15) is 73.5 Å². The molecule has 5 heterocycles. The van der Waals surface area contributed by atoms with E-state index in [1.54, 1.807) is 89.3 Å². The predicted molar refractivity (Wildman–Crippen MR) is 534 cm³/mol. The molecule has 3 aliphatic heterocycles. The Kier molecular flexibility index (Phi) is 44.6. The van der Waals surface area contributed by atoms with Crippen molar-refractivity contribution in [1.82, 2.24) is 92.5 Å². The first-order valence-corrected chi connectivity index (χ1v) is 50.1. The minimum absolute atomic E-state index is 0.0521. The molecule has 0 spiro atoms. The largest absolute Gasteiger partial charge is 0.508 e. The normalized spacial score (nSPS) is 24.2. The zero-order chi connectivity index (χ0) is 108. The van der Waals surface area contributed by atoms with Crippen molar-refractivity contribution in [1.29, 1.82) is 0 Å². The number of H-pyrrole nitrogens is 1. The molecule has 17 amide bonds. The van der Waals surface area contributed by atoms with Crippen LogP contribution in [0, 0.1) is 24.2 Å². The van der Waals surface area contributed by atoms with E-state index < -0.39 is 297 Å². The molecule has 8 rings (SSSR count). The fourth-order valence-corrected chi connectivity index (χ4v) is 18.8. The number of carboxylic acids is 3. The molecule has 796 valence electrons. The van der Waals surface area contributed by atoms with Crippen LogP contribution in [0.15, 0.2) is 85.2 Å². The van der Waals surface area contributed by atoms with Crippen LogP contribution in [0.25, 0.3) is 21.8 Å². The van der Waals surface area contributed by atoms with Crippen LogP contribution in [0.1, 0.15) is 168 Å². The number of para-hydroxylation sites is 2. The van der Waals surface area contributed by atoms with Crippen molar-refractivity contribution in [2.24, 2.45) is 29.0 Å². The molecule has 0 unspecified atom stereocenters. The summed E-state index contributed by atoms with van der Waals surface area (Å²) < 4.78 is 1.42. The number of phenolic OH excluding ortho intramolecular Hbond substituents is 1. The van der Waals surface area contributed by atoms with Crippen LogP contribution in [-0.4, -0.2) is 340 Å². The van der Waals surface area contributed by atoms with Gasteiger partial charge in [-0.15, -0.1) is 24.1 Å². The topological polar surface area (TPSA) is 690 Å². The summed E-state index contributed by atoms with van der Waals surface area (Å²) in [4.78, 5) is 300. The van der Waals surface area contributed by atoms with Crippen molar-refractivity contribution in [3.63, 3.8) is 0 Å². The highest BCUT2D eigenvalue weighted by atomic mass is 32.2. The summed E-state index contributed by atoms with van der Waals surface area (Å²) in [5.74, 6) is -21.8. The summed E-state index contributed by atoms with van der Waals surface area (Å²) >= 11 is 0.647. The van der Waals surface area contributed by atoms with E-state index in [-0.39, 0.29) is 95.4 Å². The van der Waals surface area contributed by atoms with Gasteiger partial charge < -0.3 is 135 Å². The first-order valence-electron chi connectivity index (χ1n) is 48.9. The molecule has 146 heavy (non-hydrogen) atoms. The maximum absolute atomic E-state index is 16.1. The number of hydrogen-bond acceptors (Lipinski definition) is 25. The number of nitrogens with one attached hydrogen (secondary N) is 12. The van der Waals surface area contributed by atoms with Crippen molar-refractivity contribution in [2.45, 2.75) is 280 Å². The Labute approximate surface area is 849 Å². The van der Waals surface area contributed by atoms with E-state index in [1.165, 1.54) is 63.1 Å². The standard InChI is InChI=1S/C99H139N21O25S/c1-12-15-26-76-91(136)108-67(39-53(4)5)87(132)114-74(90(135)105-64(34-35-82(125)126)85(130)107-66(22-14-3)99(144)145)51-146-52-81(124)104-70(41-56-30-32-59(121)33-31-56)94(139)115(9)55(8)84(129)110-72(45-80(102)123)96(141)119-38-21-29-77(119)92(137)113-73(46-101)89(134)111-69(40-54(6)7)97(142)120-49-60(122)44-79(120)93(138)109-68(42-57-47-103-63-25-19-17-23-61(57)63)88(133)106-65(36-37-100)86(131)112-71(95(140)117(11)78(27-16-13-2)98(143)116(76)10)43-58-48-118(50-83(127)128)75-28-20-18-24-62(58)75/h3,17-20,23-25,28,30-33,47-48,53-55,60,64-74,76-79,103,121-122H,12-13,15-16,21-22,26-27,29,34-46,49-52,100-101H2,1-2,4-11H3,(H2,102,123)(H,104,124)(H,105,135)(H,106,133)(H,107,130)(H,108,136)(H,109,138)(H,110,129)(H,111,134)(H,112,131)(H,113,137)(H,114,132)(H,125,126)(H,127,128)(H,144,145)/t55-,60+,64+,65-,66-,67-,68-,69-,70-,71-,72-,73-,74-,76-,77-,78-,79-/m0/s1. The van der Waals surface area contributed by atoms with Crippen LogP contribution < -0.4 is 75.7 Å². The minimum atomic E-state index is -1.88. The smallest absolute Gasteiger partial charge is 0.327 e. The lowest BCUT2D eigenvalue weighted by atomic mass is 9.99. The molecule has 3 aliphatic rings. The fourth-order valence-electron chi connectivity index (χ4n) is 17.9. The monoisotopic (exact) mass is 2050 g/mol. The number of terminal acetylenes is 1. The van der Waals surface area contributed by atoms with E-state index in [2.05, 4.69) is 69.4 Å². The maximum atomic E-state index is 16.1. The number of aliphatic hydroxyl groups is 1. The molecule has 23 N–H and O–H groups in total. The number of fused-ring (bicyclic) bond motifs is 4. The van der Waals surface area contributed by atoms with Crippen LogP contribution in [-0.2, 0) is 122 Å². The Hall–Kier alpha value is -14.3. The highest BCUT2D eigenvalue weighted by molar-refractivity contribution is 8.00. The third kappa shape index (κ3) is 32.9. The molecule has 0 radical (unpaired) electrons. The van der Waals surface area contributed by atoms with Crippen molar-refractivity contribution < 1.29 is 121 Å². The molecule has 3 fully saturated rings. The summed E-state index contributed by atoms with van der Waals surface area (Å²) in [6.45, 7) is 9.53. The lowest BCUT2D eigenvalue weighted by Crippen LogP contribution is -2.62. The van der Waals surface area contributed by atoms with Gasteiger partial charge in [-0.1, -0.05) is 116 Å². The number of nitrogens with two attached hydrogens (primary N) is 3. The molecule has 0 bridgehead atoms. The van der Waals surface area contributed by atoms with Crippen LogP contribution in [0.5, 0.6) is 5.75 Å². The Morgan fingerprint density at radius 3 is 1.75 bits per heavy atom. The number of aromatic amines is 1. The molecule has 3 saturated heterocycles. The van der Waals surface area contributed by atoms with Crippen molar-refractivity contribution in [3.05, 3.63) is 102 Å². The fraction of sp³-hybridized carbons (Fsp3) is 0.556. The Morgan fingerprint density at radius 1 is 0.562 bits per heavy atom. The van der Waals surface area contributed by atoms with E-state index in [0.29, 0.717) is 63.1 Å². The molecular weight excluding hydrogens is 1920 g/mol. The van der Waals surface area contributed by atoms with E-state index >= 15 is 47.9 Å². The highest BCUT2D eigenvalue weighted by Gasteiger charge is 2.47. The number of unbranched alkanes of at least 4 members (excludes halogenated alkanes) is 2. The number of hydrogen-bond donors (Lipinski definition) is 20. The van der Waals surface area contributed by atoms with Gasteiger partial charge in [0.15, 0.2) is 0 Å². The molecule has 17 atom stereocenters. The number of likely N-dealkylation sites (N-methyl/N-ethyl adjacent to an activating group) is 3. The van der Waals surface area contributed by atoms with E-state index in [1.807, 2.05) is 6.92 Å². The number of rotatable bonds is 32. The zero-order valence-electron chi connectivity index (χ0n) is 83.7. The van der Waals surface area contributed by atoms with E-state index in [0.717, 1.165) is 24.5 Å². The molecule has 5 aromatic rings. The van der Waals surface area contributed by atoms with Gasteiger partial charge in [0.25, 0.3) is 0 Å². The third-order valence-corrected chi connectivity index (χ3v) is 26.9. The second-order valence-corrected chi connectivity index (χ2v) is 39.0. The lowest BCUT2D eigenvalue weighted by Gasteiger charge is -2.36. The molecular formula is C99H139N21O25S. The SMILES string of the molecule is C#CC[C@H](NC(=O)[C@@H](CCC(=O)O)NC(=O)[C@@H]1CSCC(=O)N[C@@H](Cc2ccc(O)cc2)C(=O)N(C)[C@@H](C)C(=O)N[C@@H](CC(N)=O)C(=O)N2CCC[C@H]2C(=O)N[C@@H](CN)C(=O)N[C@@H](CC(C)C)C(=O)N2C[C@H](O)C[C@H]2C(=O)N[C@@H](Cc2c[nH]c3ccccc23)C(=O)N[C@@H](CCN)C(=O)N[C@@H](Cc2cn(CC(=O)O)c3ccccc23)C(=O)N(C)[C@@H](CCCC)C(=O)N(C)[C@@H](CCCC)C(=O)N[C@@H](CC(C)C)C(=O)N1)C(=O)O. The number of benzene rings is 3. The summed E-state index contributed by atoms with van der Waals surface area (Å²) in [7, 11) is 3.78. The second-order valence-electron chi connectivity index (χ2n) is 37.9. The number of aromatic hydroxyl groups is 1. The number of carbonyl (C=O) groups is 20. The van der Waals surface area contributed by atoms with Crippen LogP contribution in [0.4, 0.5) is 0 Å². The number of nitrogens with zero attached hydrogens (tertiary/aromatic N) is 6. The first kappa shape index (κ1) is 117. The zero-order valence-corrected chi connectivity index (χ0v) is 84.6. The summed E-state index contributed by atoms with van der Waals surface area (Å²) in [6, 6.07) is -7.25. The van der Waals surface area contributed by atoms with Gasteiger partial charge >= 0.3 is 17.9 Å². The maximum Gasteiger partial charge on any atom is 0.327 e. The molecule has 3 aromatic carbocycles. The second kappa shape index (κ2) is 55.7. The first-order chi connectivity index (χ1) is 69.2. The summed E-state index contributed by atoms with van der Waals surface area (Å²) in [6.07, 6.45) is 3.37. The van der Waals surface area contributed by atoms with Gasteiger partial charge in [-0.05, 0) is 118 Å².